The highest BCUT2D eigenvalue weighted by molar-refractivity contribution is 5.90. The van der Waals surface area contributed by atoms with Crippen LogP contribution in [-0.4, -0.2) is 38.4 Å². The molecule has 1 aliphatic rings. The molecule has 0 atom stereocenters. The minimum Gasteiger partial charge on any atom is -0.497 e. The number of benzene rings is 2. The Kier molecular flexibility index (Phi) is 6.53. The Morgan fingerprint density at radius 3 is 1.29 bits per heavy atom. The molecule has 1 aliphatic carbocycles. The monoisotopic (exact) mass is 386 g/mol. The fraction of sp³-hybridized carbons (Fsp3) is 0.364. The lowest BCUT2D eigenvalue weighted by Gasteiger charge is -2.28. The summed E-state index contributed by atoms with van der Waals surface area (Å²) >= 11 is 0. The van der Waals surface area contributed by atoms with E-state index < -0.39 is 0 Å². The SMILES string of the molecule is COc1ccc(C(=O)OC2CCC(OC(=O)c3ccc(OC)cc3)CC2)cc1.[HH]. The van der Waals surface area contributed by atoms with E-state index >= 15 is 0 Å². The van der Waals surface area contributed by atoms with E-state index in [4.69, 9.17) is 18.9 Å². The molecule has 0 bridgehead atoms. The molecule has 0 radical (unpaired) electrons. The van der Waals surface area contributed by atoms with Gasteiger partial charge in [-0.1, -0.05) is 0 Å². The largest absolute Gasteiger partial charge is 0.497 e. The molecule has 150 valence electrons. The van der Waals surface area contributed by atoms with Crippen LogP contribution < -0.4 is 9.47 Å². The van der Waals surface area contributed by atoms with E-state index in [1.54, 1.807) is 62.8 Å². The van der Waals surface area contributed by atoms with Gasteiger partial charge >= 0.3 is 11.9 Å². The number of hydrogen-bond donors (Lipinski definition) is 0. The lowest BCUT2D eigenvalue weighted by atomic mass is 9.95. The van der Waals surface area contributed by atoms with Crippen molar-refractivity contribution in [1.82, 2.24) is 0 Å². The van der Waals surface area contributed by atoms with Crippen LogP contribution in [-0.2, 0) is 9.47 Å². The van der Waals surface area contributed by atoms with Crippen molar-refractivity contribution in [1.29, 1.82) is 0 Å². The summed E-state index contributed by atoms with van der Waals surface area (Å²) in [4.78, 5) is 24.5. The Morgan fingerprint density at radius 2 is 1.00 bits per heavy atom. The third-order valence-electron chi connectivity index (χ3n) is 4.82. The molecule has 3 rings (SSSR count). The van der Waals surface area contributed by atoms with Crippen molar-refractivity contribution in [2.75, 3.05) is 14.2 Å². The Morgan fingerprint density at radius 1 is 0.679 bits per heavy atom. The maximum absolute atomic E-state index is 12.3. The molecule has 0 saturated heterocycles. The van der Waals surface area contributed by atoms with Gasteiger partial charge in [-0.2, -0.15) is 0 Å². The van der Waals surface area contributed by atoms with Crippen LogP contribution in [0.3, 0.4) is 0 Å². The molecule has 2 aromatic carbocycles. The van der Waals surface area contributed by atoms with Crippen molar-refractivity contribution in [3.8, 4) is 11.5 Å². The van der Waals surface area contributed by atoms with E-state index in [0.29, 0.717) is 48.3 Å². The summed E-state index contributed by atoms with van der Waals surface area (Å²) in [6.45, 7) is 0. The average molecular weight is 386 g/mol. The summed E-state index contributed by atoms with van der Waals surface area (Å²) in [5.41, 5.74) is 0.989. The van der Waals surface area contributed by atoms with E-state index in [2.05, 4.69) is 0 Å². The molecule has 0 unspecified atom stereocenters. The van der Waals surface area contributed by atoms with Crippen LogP contribution in [0.15, 0.2) is 48.5 Å². The molecular formula is C22H26O6. The summed E-state index contributed by atoms with van der Waals surface area (Å²) in [5, 5.41) is 0. The third-order valence-corrected chi connectivity index (χ3v) is 4.82. The number of rotatable bonds is 6. The van der Waals surface area contributed by atoms with E-state index in [-0.39, 0.29) is 25.6 Å². The topological polar surface area (TPSA) is 71.1 Å². The van der Waals surface area contributed by atoms with Crippen molar-refractivity contribution in [3.63, 3.8) is 0 Å². The maximum Gasteiger partial charge on any atom is 0.338 e. The van der Waals surface area contributed by atoms with Gasteiger partial charge in [-0.25, -0.2) is 9.59 Å². The number of carbonyl (C=O) groups is 2. The Bertz CT molecular complexity index is 726. The van der Waals surface area contributed by atoms with Crippen LogP contribution in [0.25, 0.3) is 0 Å². The first kappa shape index (κ1) is 19.7. The predicted molar refractivity (Wildman–Crippen MR) is 105 cm³/mol. The van der Waals surface area contributed by atoms with Crippen LogP contribution in [0.5, 0.6) is 11.5 Å². The average Bonchev–Trinajstić information content (AvgIpc) is 2.75. The standard InChI is InChI=1S/C22H24O6.H2/c1-25-17-7-3-15(4-8-17)21(23)27-19-11-13-20(14-12-19)28-22(24)16-5-9-18(26-2)10-6-16;/h3-10,19-20H,11-14H2,1-2H3;1H. The molecule has 6 nitrogen and oxygen atoms in total. The van der Waals surface area contributed by atoms with Crippen molar-refractivity contribution < 1.29 is 30.0 Å². The molecule has 0 aliphatic heterocycles. The van der Waals surface area contributed by atoms with Gasteiger partial charge in [0.15, 0.2) is 0 Å². The second-order valence-electron chi connectivity index (χ2n) is 6.67. The minimum absolute atomic E-state index is 0. The molecule has 0 heterocycles. The van der Waals surface area contributed by atoms with Crippen LogP contribution >= 0.6 is 0 Å². The smallest absolute Gasteiger partial charge is 0.338 e. The van der Waals surface area contributed by atoms with Gasteiger partial charge in [0.25, 0.3) is 0 Å². The number of carbonyl (C=O) groups excluding carboxylic acids is 2. The van der Waals surface area contributed by atoms with Crippen LogP contribution in [0, 0.1) is 0 Å². The lowest BCUT2D eigenvalue weighted by molar-refractivity contribution is -0.0108. The van der Waals surface area contributed by atoms with Gasteiger partial charge in [0.05, 0.1) is 25.3 Å². The summed E-state index contributed by atoms with van der Waals surface area (Å²) in [7, 11) is 3.15. The molecule has 0 N–H and O–H groups in total. The fourth-order valence-corrected chi connectivity index (χ4v) is 3.16. The van der Waals surface area contributed by atoms with Crippen LogP contribution in [0.1, 0.15) is 47.8 Å². The summed E-state index contributed by atoms with van der Waals surface area (Å²) in [6.07, 6.45) is 2.35. The van der Waals surface area contributed by atoms with Crippen LogP contribution in [0.2, 0.25) is 0 Å². The van der Waals surface area contributed by atoms with Gasteiger partial charge in [0, 0.05) is 1.43 Å². The normalized spacial score (nSPS) is 18.8. The van der Waals surface area contributed by atoms with Gasteiger partial charge in [-0.3, -0.25) is 0 Å². The van der Waals surface area contributed by atoms with Crippen molar-refractivity contribution in [2.24, 2.45) is 0 Å². The maximum atomic E-state index is 12.3. The molecular weight excluding hydrogens is 360 g/mol. The zero-order chi connectivity index (χ0) is 19.9. The van der Waals surface area contributed by atoms with Gasteiger partial charge in [-0.15, -0.1) is 0 Å². The van der Waals surface area contributed by atoms with E-state index in [0.717, 1.165) is 0 Å². The highest BCUT2D eigenvalue weighted by atomic mass is 16.6. The highest BCUT2D eigenvalue weighted by Crippen LogP contribution is 2.25. The van der Waals surface area contributed by atoms with E-state index in [1.165, 1.54) is 0 Å². The third kappa shape index (κ3) is 5.03. The van der Waals surface area contributed by atoms with Gasteiger partial charge in [-0.05, 0) is 74.2 Å². The van der Waals surface area contributed by atoms with Crippen molar-refractivity contribution in [3.05, 3.63) is 59.7 Å². The molecule has 0 aromatic heterocycles. The van der Waals surface area contributed by atoms with Crippen molar-refractivity contribution >= 4 is 11.9 Å². The summed E-state index contributed by atoms with van der Waals surface area (Å²) < 4.78 is 21.3. The molecule has 28 heavy (non-hydrogen) atoms. The Hall–Kier alpha value is -3.02. The first-order valence-corrected chi connectivity index (χ1v) is 9.29. The number of esters is 2. The molecule has 1 fully saturated rings. The lowest BCUT2D eigenvalue weighted by Crippen LogP contribution is -2.29. The Balaban J connectivity index is 0.00000300. The zero-order valence-corrected chi connectivity index (χ0v) is 16.1. The van der Waals surface area contributed by atoms with Crippen LogP contribution in [0.4, 0.5) is 0 Å². The molecule has 2 aromatic rings. The zero-order valence-electron chi connectivity index (χ0n) is 16.1. The summed E-state index contributed by atoms with van der Waals surface area (Å²) in [5.74, 6) is 0.689. The highest BCUT2D eigenvalue weighted by Gasteiger charge is 2.27. The van der Waals surface area contributed by atoms with Gasteiger partial charge in [0.2, 0.25) is 0 Å². The Labute approximate surface area is 165 Å². The predicted octanol–water partition coefficient (Wildman–Crippen LogP) is 4.27. The number of methoxy groups -OCH3 is 2. The van der Waals surface area contributed by atoms with Crippen molar-refractivity contribution in [2.45, 2.75) is 37.9 Å². The fourth-order valence-electron chi connectivity index (χ4n) is 3.16. The second-order valence-corrected chi connectivity index (χ2v) is 6.67. The minimum atomic E-state index is -0.346. The molecule has 0 amide bonds. The van der Waals surface area contributed by atoms with E-state index in [1.807, 2.05) is 0 Å². The molecule has 1 saturated carbocycles. The summed E-state index contributed by atoms with van der Waals surface area (Å²) in [6, 6.07) is 13.6. The first-order valence-electron chi connectivity index (χ1n) is 9.29. The quantitative estimate of drug-likeness (QED) is 0.690. The van der Waals surface area contributed by atoms with Gasteiger partial charge in [0.1, 0.15) is 23.7 Å². The number of ether oxygens (including phenoxy) is 4. The van der Waals surface area contributed by atoms with E-state index in [9.17, 15) is 9.59 Å². The second kappa shape index (κ2) is 9.26. The molecule has 6 heteroatoms. The van der Waals surface area contributed by atoms with Gasteiger partial charge < -0.3 is 18.9 Å². The number of hydrogen-bond acceptors (Lipinski definition) is 6. The first-order chi connectivity index (χ1) is 13.6. The molecule has 0 spiro atoms.